The van der Waals surface area contributed by atoms with Crippen molar-refractivity contribution in [2.45, 2.75) is 46.1 Å². The molecule has 2 aromatic heterocycles. The van der Waals surface area contributed by atoms with Crippen molar-refractivity contribution < 1.29 is 4.79 Å². The number of hydrogen-bond donors (Lipinski definition) is 0. The monoisotopic (exact) mass is 354 g/mol. The van der Waals surface area contributed by atoms with Crippen LogP contribution < -0.4 is 4.90 Å². The summed E-state index contributed by atoms with van der Waals surface area (Å²) in [6.45, 7) is 7.86. The van der Waals surface area contributed by atoms with Gasteiger partial charge < -0.3 is 9.80 Å². The Morgan fingerprint density at radius 2 is 1.92 bits per heavy atom. The fourth-order valence-electron chi connectivity index (χ4n) is 4.04. The molecule has 4 rings (SSSR count). The van der Waals surface area contributed by atoms with Crippen LogP contribution in [0.2, 0.25) is 0 Å². The van der Waals surface area contributed by atoms with Crippen molar-refractivity contribution in [3.63, 3.8) is 0 Å². The Balaban J connectivity index is 1.33. The SMILES string of the molecule is Cc1cc(C)n(CCC(=O)N2CCN(c3ncnc4c3CCC4)CC2)n1. The Bertz CT molecular complexity index is 806. The van der Waals surface area contributed by atoms with Crippen molar-refractivity contribution in [1.82, 2.24) is 24.6 Å². The lowest BCUT2D eigenvalue weighted by Gasteiger charge is -2.36. The number of fused-ring (bicyclic) bond motifs is 1. The van der Waals surface area contributed by atoms with Gasteiger partial charge in [-0.05, 0) is 39.2 Å². The van der Waals surface area contributed by atoms with Gasteiger partial charge in [0.1, 0.15) is 12.1 Å². The van der Waals surface area contributed by atoms with Crippen molar-refractivity contribution >= 4 is 11.7 Å². The quantitative estimate of drug-likeness (QED) is 0.833. The zero-order chi connectivity index (χ0) is 18.1. The number of carbonyl (C=O) groups excluding carboxylic acids is 1. The van der Waals surface area contributed by atoms with Gasteiger partial charge in [-0.15, -0.1) is 0 Å². The number of nitrogens with zero attached hydrogens (tertiary/aromatic N) is 6. The number of rotatable bonds is 4. The van der Waals surface area contributed by atoms with E-state index in [2.05, 4.69) is 20.0 Å². The van der Waals surface area contributed by atoms with E-state index >= 15 is 0 Å². The van der Waals surface area contributed by atoms with Crippen molar-refractivity contribution in [3.8, 4) is 0 Å². The molecule has 2 aliphatic rings. The van der Waals surface area contributed by atoms with Crippen LogP contribution in [-0.4, -0.2) is 56.7 Å². The van der Waals surface area contributed by atoms with Crippen molar-refractivity contribution in [2.24, 2.45) is 0 Å². The van der Waals surface area contributed by atoms with E-state index in [9.17, 15) is 4.79 Å². The summed E-state index contributed by atoms with van der Waals surface area (Å²) in [5, 5.41) is 4.44. The molecule has 1 saturated heterocycles. The molecular formula is C19H26N6O. The number of hydrogen-bond acceptors (Lipinski definition) is 5. The predicted molar refractivity (Wildman–Crippen MR) is 99.2 cm³/mol. The predicted octanol–water partition coefficient (Wildman–Crippen LogP) is 1.52. The van der Waals surface area contributed by atoms with E-state index in [-0.39, 0.29) is 5.91 Å². The second-order valence-electron chi connectivity index (χ2n) is 7.24. The molecule has 1 aliphatic heterocycles. The molecule has 0 bridgehead atoms. The zero-order valence-electron chi connectivity index (χ0n) is 15.6. The molecule has 7 heteroatoms. The normalized spacial score (nSPS) is 16.8. The van der Waals surface area contributed by atoms with E-state index in [0.29, 0.717) is 13.0 Å². The van der Waals surface area contributed by atoms with Crippen molar-refractivity contribution in [1.29, 1.82) is 0 Å². The summed E-state index contributed by atoms with van der Waals surface area (Å²) in [4.78, 5) is 25.8. The van der Waals surface area contributed by atoms with Gasteiger partial charge in [0.05, 0.1) is 5.69 Å². The number of aromatic nitrogens is 4. The van der Waals surface area contributed by atoms with Crippen LogP contribution in [0.5, 0.6) is 0 Å². The number of piperazine rings is 1. The van der Waals surface area contributed by atoms with Gasteiger partial charge in [0, 0.05) is 56.1 Å². The molecule has 0 aromatic carbocycles. The summed E-state index contributed by atoms with van der Waals surface area (Å²) in [5.74, 6) is 1.30. The standard InChI is InChI=1S/C19H26N6O/c1-14-12-15(2)25(22-14)7-6-18(26)23-8-10-24(11-9-23)19-16-4-3-5-17(16)20-13-21-19/h12-13H,3-11H2,1-2H3. The third kappa shape index (κ3) is 3.30. The minimum absolute atomic E-state index is 0.213. The Kier molecular flexibility index (Phi) is 4.61. The molecule has 3 heterocycles. The Morgan fingerprint density at radius 3 is 2.65 bits per heavy atom. The lowest BCUT2D eigenvalue weighted by Crippen LogP contribution is -2.49. The topological polar surface area (TPSA) is 67.2 Å². The number of amides is 1. The molecule has 138 valence electrons. The Labute approximate surface area is 154 Å². The Morgan fingerprint density at radius 1 is 1.12 bits per heavy atom. The largest absolute Gasteiger partial charge is 0.353 e. The summed E-state index contributed by atoms with van der Waals surface area (Å²) in [6, 6.07) is 2.05. The van der Waals surface area contributed by atoms with E-state index in [1.807, 2.05) is 29.5 Å². The van der Waals surface area contributed by atoms with E-state index in [4.69, 9.17) is 0 Å². The van der Waals surface area contributed by atoms with Crippen LogP contribution in [0, 0.1) is 13.8 Å². The summed E-state index contributed by atoms with van der Waals surface area (Å²) in [6.07, 6.45) is 5.50. The molecule has 1 aliphatic carbocycles. The molecule has 0 radical (unpaired) electrons. The highest BCUT2D eigenvalue weighted by Gasteiger charge is 2.26. The van der Waals surface area contributed by atoms with Gasteiger partial charge in [0.15, 0.2) is 0 Å². The van der Waals surface area contributed by atoms with E-state index < -0.39 is 0 Å². The second kappa shape index (κ2) is 7.05. The van der Waals surface area contributed by atoms with Crippen molar-refractivity contribution in [3.05, 3.63) is 35.0 Å². The minimum atomic E-state index is 0.213. The van der Waals surface area contributed by atoms with E-state index in [1.54, 1.807) is 6.33 Å². The van der Waals surface area contributed by atoms with Gasteiger partial charge >= 0.3 is 0 Å². The van der Waals surface area contributed by atoms with E-state index in [1.165, 1.54) is 17.7 Å². The van der Waals surface area contributed by atoms with Crippen LogP contribution >= 0.6 is 0 Å². The maximum atomic E-state index is 12.6. The second-order valence-corrected chi connectivity index (χ2v) is 7.24. The molecule has 1 fully saturated rings. The highest BCUT2D eigenvalue weighted by atomic mass is 16.2. The molecule has 0 atom stereocenters. The molecule has 1 amide bonds. The summed E-state index contributed by atoms with van der Waals surface area (Å²) in [7, 11) is 0. The fourth-order valence-corrected chi connectivity index (χ4v) is 4.04. The lowest BCUT2D eigenvalue weighted by molar-refractivity contribution is -0.131. The molecular weight excluding hydrogens is 328 g/mol. The zero-order valence-corrected chi connectivity index (χ0v) is 15.6. The van der Waals surface area contributed by atoms with Crippen LogP contribution in [-0.2, 0) is 24.2 Å². The van der Waals surface area contributed by atoms with Crippen LogP contribution in [0.1, 0.15) is 35.5 Å². The average Bonchev–Trinajstić information content (AvgIpc) is 3.25. The molecule has 2 aromatic rings. The maximum absolute atomic E-state index is 12.6. The third-order valence-electron chi connectivity index (χ3n) is 5.42. The first kappa shape index (κ1) is 17.0. The van der Waals surface area contributed by atoms with E-state index in [0.717, 1.165) is 56.2 Å². The van der Waals surface area contributed by atoms with Crippen LogP contribution in [0.3, 0.4) is 0 Å². The summed E-state index contributed by atoms with van der Waals surface area (Å²) >= 11 is 0. The number of aryl methyl sites for hydroxylation is 4. The van der Waals surface area contributed by atoms with Gasteiger partial charge in [0.2, 0.25) is 5.91 Å². The van der Waals surface area contributed by atoms with Gasteiger partial charge in [-0.25, -0.2) is 9.97 Å². The molecule has 0 N–H and O–H groups in total. The molecule has 0 unspecified atom stereocenters. The van der Waals surface area contributed by atoms with Crippen molar-refractivity contribution in [2.75, 3.05) is 31.1 Å². The number of carbonyl (C=O) groups is 1. The molecule has 0 saturated carbocycles. The fraction of sp³-hybridized carbons (Fsp3) is 0.579. The maximum Gasteiger partial charge on any atom is 0.224 e. The summed E-state index contributed by atoms with van der Waals surface area (Å²) in [5.41, 5.74) is 4.63. The van der Waals surface area contributed by atoms with Crippen LogP contribution in [0.15, 0.2) is 12.4 Å². The van der Waals surface area contributed by atoms with Gasteiger partial charge in [-0.2, -0.15) is 5.10 Å². The first-order chi connectivity index (χ1) is 12.6. The molecule has 0 spiro atoms. The smallest absolute Gasteiger partial charge is 0.224 e. The highest BCUT2D eigenvalue weighted by Crippen LogP contribution is 2.28. The Hall–Kier alpha value is -2.44. The average molecular weight is 354 g/mol. The number of anilines is 1. The first-order valence-corrected chi connectivity index (χ1v) is 9.48. The molecule has 26 heavy (non-hydrogen) atoms. The first-order valence-electron chi connectivity index (χ1n) is 9.48. The van der Waals surface area contributed by atoms with Crippen LogP contribution in [0.25, 0.3) is 0 Å². The third-order valence-corrected chi connectivity index (χ3v) is 5.42. The highest BCUT2D eigenvalue weighted by molar-refractivity contribution is 5.76. The lowest BCUT2D eigenvalue weighted by atomic mass is 10.2. The summed E-state index contributed by atoms with van der Waals surface area (Å²) < 4.78 is 1.92. The van der Waals surface area contributed by atoms with Crippen LogP contribution in [0.4, 0.5) is 5.82 Å². The molecule has 7 nitrogen and oxygen atoms in total. The van der Waals surface area contributed by atoms with Gasteiger partial charge in [-0.1, -0.05) is 0 Å². The van der Waals surface area contributed by atoms with Gasteiger partial charge in [-0.3, -0.25) is 9.48 Å². The minimum Gasteiger partial charge on any atom is -0.353 e. The van der Waals surface area contributed by atoms with Gasteiger partial charge in [0.25, 0.3) is 0 Å².